The number of hydrogen-bond acceptors (Lipinski definition) is 4. The SMILES string of the molecule is CCO[C@@H]1C[C@@H](c2ccccc2)C2=C(O1)C(=O)OC2. The van der Waals surface area contributed by atoms with Gasteiger partial charge in [0.2, 0.25) is 12.0 Å². The second-order valence-corrected chi connectivity index (χ2v) is 4.63. The molecule has 0 fully saturated rings. The van der Waals surface area contributed by atoms with Crippen LogP contribution in [0.25, 0.3) is 0 Å². The van der Waals surface area contributed by atoms with E-state index in [9.17, 15) is 4.79 Å². The number of carbonyl (C=O) groups is 1. The first-order chi connectivity index (χ1) is 9.29. The van der Waals surface area contributed by atoms with Crippen LogP contribution in [0.15, 0.2) is 41.7 Å². The van der Waals surface area contributed by atoms with Crippen molar-refractivity contribution in [2.24, 2.45) is 0 Å². The number of ether oxygens (including phenoxy) is 3. The Bertz CT molecular complexity index is 506. The van der Waals surface area contributed by atoms with Gasteiger partial charge in [0.15, 0.2) is 0 Å². The number of cyclic esters (lactones) is 1. The van der Waals surface area contributed by atoms with E-state index in [1.54, 1.807) is 0 Å². The summed E-state index contributed by atoms with van der Waals surface area (Å²) in [5.74, 6) is 0.104. The van der Waals surface area contributed by atoms with Crippen molar-refractivity contribution < 1.29 is 19.0 Å². The topological polar surface area (TPSA) is 44.8 Å². The zero-order chi connectivity index (χ0) is 13.2. The third-order valence-corrected chi connectivity index (χ3v) is 3.49. The van der Waals surface area contributed by atoms with E-state index in [1.807, 2.05) is 25.1 Å². The predicted molar refractivity (Wildman–Crippen MR) is 68.3 cm³/mol. The fraction of sp³-hybridized carbons (Fsp3) is 0.400. The van der Waals surface area contributed by atoms with Crippen LogP contribution in [0.2, 0.25) is 0 Å². The molecule has 100 valence electrons. The number of esters is 1. The Morgan fingerprint density at radius 2 is 2.11 bits per heavy atom. The van der Waals surface area contributed by atoms with Crippen LogP contribution in [0.5, 0.6) is 0 Å². The van der Waals surface area contributed by atoms with Gasteiger partial charge in [0.05, 0.1) is 0 Å². The van der Waals surface area contributed by atoms with Crippen molar-refractivity contribution in [3.05, 3.63) is 47.2 Å². The average Bonchev–Trinajstić information content (AvgIpc) is 2.81. The lowest BCUT2D eigenvalue weighted by atomic mass is 9.86. The Morgan fingerprint density at radius 3 is 2.84 bits per heavy atom. The molecule has 1 aromatic rings. The van der Waals surface area contributed by atoms with Crippen molar-refractivity contribution in [1.82, 2.24) is 0 Å². The molecule has 0 spiro atoms. The molecule has 2 aliphatic heterocycles. The fourth-order valence-electron chi connectivity index (χ4n) is 2.61. The molecule has 0 saturated heterocycles. The Balaban J connectivity index is 1.95. The summed E-state index contributed by atoms with van der Waals surface area (Å²) in [6.07, 6.45) is 0.340. The molecule has 0 bridgehead atoms. The van der Waals surface area contributed by atoms with Crippen molar-refractivity contribution in [1.29, 1.82) is 0 Å². The number of benzene rings is 1. The third-order valence-electron chi connectivity index (χ3n) is 3.49. The molecule has 19 heavy (non-hydrogen) atoms. The lowest BCUT2D eigenvalue weighted by molar-refractivity contribution is -0.153. The van der Waals surface area contributed by atoms with Crippen molar-refractivity contribution in [2.45, 2.75) is 25.6 Å². The van der Waals surface area contributed by atoms with Crippen LogP contribution in [-0.4, -0.2) is 25.5 Å². The molecule has 0 saturated carbocycles. The van der Waals surface area contributed by atoms with E-state index in [1.165, 1.54) is 5.56 Å². The highest BCUT2D eigenvalue weighted by atomic mass is 16.7. The van der Waals surface area contributed by atoms with Gasteiger partial charge in [0, 0.05) is 24.5 Å². The first-order valence-corrected chi connectivity index (χ1v) is 6.53. The van der Waals surface area contributed by atoms with Gasteiger partial charge in [-0.3, -0.25) is 0 Å². The molecule has 4 nitrogen and oxygen atoms in total. The van der Waals surface area contributed by atoms with E-state index in [4.69, 9.17) is 14.2 Å². The summed E-state index contributed by atoms with van der Waals surface area (Å²) < 4.78 is 16.2. The van der Waals surface area contributed by atoms with Gasteiger partial charge in [0.25, 0.3) is 0 Å². The highest BCUT2D eigenvalue weighted by molar-refractivity contribution is 5.90. The van der Waals surface area contributed by atoms with Crippen molar-refractivity contribution in [3.8, 4) is 0 Å². The second-order valence-electron chi connectivity index (χ2n) is 4.63. The second kappa shape index (κ2) is 5.05. The molecule has 0 aromatic heterocycles. The van der Waals surface area contributed by atoms with Gasteiger partial charge in [-0.25, -0.2) is 4.79 Å². The monoisotopic (exact) mass is 260 g/mol. The van der Waals surface area contributed by atoms with Crippen molar-refractivity contribution in [2.75, 3.05) is 13.2 Å². The van der Waals surface area contributed by atoms with Gasteiger partial charge in [0.1, 0.15) is 6.61 Å². The lowest BCUT2D eigenvalue weighted by Gasteiger charge is -2.29. The molecule has 0 aliphatic carbocycles. The summed E-state index contributed by atoms with van der Waals surface area (Å²) in [6.45, 7) is 2.80. The fourth-order valence-corrected chi connectivity index (χ4v) is 2.61. The zero-order valence-corrected chi connectivity index (χ0v) is 10.8. The molecule has 0 unspecified atom stereocenters. The largest absolute Gasteiger partial charge is 0.457 e. The van der Waals surface area contributed by atoms with Crippen LogP contribution in [-0.2, 0) is 19.0 Å². The quantitative estimate of drug-likeness (QED) is 0.783. The molecule has 3 rings (SSSR count). The molecule has 2 aliphatic rings. The first-order valence-electron chi connectivity index (χ1n) is 6.53. The summed E-state index contributed by atoms with van der Waals surface area (Å²) in [5, 5.41) is 0. The Labute approximate surface area is 112 Å². The maximum absolute atomic E-state index is 11.7. The van der Waals surface area contributed by atoms with Gasteiger partial charge >= 0.3 is 5.97 Å². The Morgan fingerprint density at radius 1 is 1.32 bits per heavy atom. The number of rotatable bonds is 3. The van der Waals surface area contributed by atoms with Crippen LogP contribution < -0.4 is 0 Å². The molecule has 0 radical (unpaired) electrons. The molecule has 0 amide bonds. The Hall–Kier alpha value is -1.81. The van der Waals surface area contributed by atoms with Gasteiger partial charge in [-0.15, -0.1) is 0 Å². The normalized spacial score (nSPS) is 25.8. The van der Waals surface area contributed by atoms with Gasteiger partial charge < -0.3 is 14.2 Å². The standard InChI is InChI=1S/C15H16O4/c1-2-17-13-8-11(10-6-4-3-5-7-10)12-9-18-15(16)14(12)19-13/h3-7,11,13H,2,8-9H2,1H3/t11-,13-/m0/s1. The van der Waals surface area contributed by atoms with E-state index in [0.29, 0.717) is 25.4 Å². The summed E-state index contributed by atoms with van der Waals surface area (Å²) in [6, 6.07) is 10.1. The van der Waals surface area contributed by atoms with Crippen molar-refractivity contribution >= 4 is 5.97 Å². The molecular weight excluding hydrogens is 244 g/mol. The minimum Gasteiger partial charge on any atom is -0.457 e. The predicted octanol–water partition coefficient (Wildman–Crippen LogP) is 2.36. The summed E-state index contributed by atoms with van der Waals surface area (Å²) in [5.41, 5.74) is 2.11. The summed E-state index contributed by atoms with van der Waals surface area (Å²) in [4.78, 5) is 11.7. The van der Waals surface area contributed by atoms with E-state index >= 15 is 0 Å². The summed E-state index contributed by atoms with van der Waals surface area (Å²) >= 11 is 0. The van der Waals surface area contributed by atoms with Crippen LogP contribution in [0.1, 0.15) is 24.8 Å². The van der Waals surface area contributed by atoms with Gasteiger partial charge in [-0.05, 0) is 12.5 Å². The first kappa shape index (κ1) is 12.2. The lowest BCUT2D eigenvalue weighted by Crippen LogP contribution is -2.27. The van der Waals surface area contributed by atoms with E-state index < -0.39 is 0 Å². The van der Waals surface area contributed by atoms with Gasteiger partial charge in [-0.2, -0.15) is 0 Å². The van der Waals surface area contributed by atoms with E-state index in [-0.39, 0.29) is 18.2 Å². The van der Waals surface area contributed by atoms with Crippen molar-refractivity contribution in [3.63, 3.8) is 0 Å². The van der Waals surface area contributed by atoms with Crippen LogP contribution >= 0.6 is 0 Å². The molecule has 2 heterocycles. The van der Waals surface area contributed by atoms with Gasteiger partial charge in [-0.1, -0.05) is 30.3 Å². The minimum atomic E-state index is -0.375. The maximum Gasteiger partial charge on any atom is 0.374 e. The smallest absolute Gasteiger partial charge is 0.374 e. The highest BCUT2D eigenvalue weighted by Crippen LogP contribution is 2.40. The zero-order valence-electron chi connectivity index (χ0n) is 10.8. The summed E-state index contributed by atoms with van der Waals surface area (Å²) in [7, 11) is 0. The highest BCUT2D eigenvalue weighted by Gasteiger charge is 2.39. The third kappa shape index (κ3) is 2.24. The average molecular weight is 260 g/mol. The van der Waals surface area contributed by atoms with Crippen LogP contribution in [0, 0.1) is 0 Å². The molecule has 0 N–H and O–H groups in total. The van der Waals surface area contributed by atoms with Crippen LogP contribution in [0.3, 0.4) is 0 Å². The van der Waals surface area contributed by atoms with E-state index in [2.05, 4.69) is 12.1 Å². The van der Waals surface area contributed by atoms with Crippen LogP contribution in [0.4, 0.5) is 0 Å². The molecule has 2 atom stereocenters. The number of carbonyl (C=O) groups excluding carboxylic acids is 1. The minimum absolute atomic E-state index is 0.132. The number of hydrogen-bond donors (Lipinski definition) is 0. The molecule has 1 aromatic carbocycles. The Kier molecular flexibility index (Phi) is 3.25. The maximum atomic E-state index is 11.7. The molecular formula is C15H16O4. The van der Waals surface area contributed by atoms with E-state index in [0.717, 1.165) is 5.57 Å². The molecule has 4 heteroatoms.